The second kappa shape index (κ2) is 25.5. The average Bonchev–Trinajstić information content (AvgIpc) is 3.45. The van der Waals surface area contributed by atoms with Gasteiger partial charge in [-0.2, -0.15) is 0 Å². The van der Waals surface area contributed by atoms with Crippen LogP contribution >= 0.6 is 0 Å². The Balaban J connectivity index is 1.03. The molecule has 12 heteroatoms. The number of ether oxygens (including phenoxy) is 11. The summed E-state index contributed by atoms with van der Waals surface area (Å²) in [6.45, 7) is 1.17. The predicted molar refractivity (Wildman–Crippen MR) is 270 cm³/mol. The Bertz CT molecular complexity index is 2690. The van der Waals surface area contributed by atoms with E-state index < -0.39 is 73.7 Å². The molecule has 0 spiro atoms. The van der Waals surface area contributed by atoms with Crippen molar-refractivity contribution in [3.8, 4) is 0 Å². The number of carbonyl (C=O) groups excluding carboxylic acids is 1. The maximum absolute atomic E-state index is 14.2. The van der Waals surface area contributed by atoms with E-state index in [1.165, 1.54) is 0 Å². The Morgan fingerprint density at radius 2 is 0.836 bits per heavy atom. The van der Waals surface area contributed by atoms with Crippen LogP contribution in [0, 0.1) is 0 Å². The fourth-order valence-corrected chi connectivity index (χ4v) is 9.26. The minimum absolute atomic E-state index is 0.00633. The molecule has 0 N–H and O–H groups in total. The number of hydrogen-bond donors (Lipinski definition) is 0. The largest absolute Gasteiger partial charge is 0.453 e. The number of rotatable bonds is 21. The van der Waals surface area contributed by atoms with E-state index in [1.807, 2.05) is 188 Å². The van der Waals surface area contributed by atoms with Crippen molar-refractivity contribution in [3.05, 3.63) is 251 Å². The van der Waals surface area contributed by atoms with Crippen molar-refractivity contribution < 1.29 is 56.9 Å². The highest BCUT2D eigenvalue weighted by molar-refractivity contribution is 5.89. The second-order valence-electron chi connectivity index (χ2n) is 18.2. The van der Waals surface area contributed by atoms with E-state index in [0.29, 0.717) is 5.56 Å². The monoisotopic (exact) mass is 984 g/mol. The summed E-state index contributed by atoms with van der Waals surface area (Å²) in [5, 5.41) is 0. The molecule has 3 fully saturated rings. The predicted octanol–water partition coefficient (Wildman–Crippen LogP) is 10.4. The van der Waals surface area contributed by atoms with E-state index >= 15 is 0 Å². The maximum Gasteiger partial charge on any atom is 0.338 e. The van der Waals surface area contributed by atoms with Crippen molar-refractivity contribution in [1.29, 1.82) is 0 Å². The zero-order valence-corrected chi connectivity index (χ0v) is 40.4. The summed E-state index contributed by atoms with van der Waals surface area (Å²) >= 11 is 0. The zero-order valence-electron chi connectivity index (χ0n) is 40.4. The van der Waals surface area contributed by atoms with Crippen molar-refractivity contribution in [2.24, 2.45) is 0 Å². The molecule has 0 radical (unpaired) electrons. The van der Waals surface area contributed by atoms with Gasteiger partial charge in [0.2, 0.25) is 0 Å². The lowest BCUT2D eigenvalue weighted by Gasteiger charge is -2.51. The fraction of sp³-hybridized carbons (Fsp3) is 0.295. The van der Waals surface area contributed by atoms with Crippen molar-refractivity contribution >= 4 is 5.97 Å². The Morgan fingerprint density at radius 1 is 0.425 bits per heavy atom. The molecule has 0 saturated carbocycles. The molecule has 1 unspecified atom stereocenters. The van der Waals surface area contributed by atoms with Gasteiger partial charge in [0.15, 0.2) is 25.0 Å². The number of fused-ring (bicyclic) bond motifs is 1. The molecule has 11 atom stereocenters. The van der Waals surface area contributed by atoms with Crippen LogP contribution in [0.1, 0.15) is 50.0 Å². The van der Waals surface area contributed by atoms with Crippen LogP contribution in [0.4, 0.5) is 0 Å². The van der Waals surface area contributed by atoms with E-state index in [1.54, 1.807) is 24.3 Å². The third-order valence-electron chi connectivity index (χ3n) is 13.0. The average molecular weight is 985 g/mol. The van der Waals surface area contributed by atoms with Crippen LogP contribution in [0.5, 0.6) is 0 Å². The van der Waals surface area contributed by atoms with Gasteiger partial charge in [-0.1, -0.05) is 200 Å². The topological polar surface area (TPSA) is 119 Å². The van der Waals surface area contributed by atoms with Crippen molar-refractivity contribution in [3.63, 3.8) is 0 Å². The molecular formula is C61H60O12. The van der Waals surface area contributed by atoms with Crippen LogP contribution in [-0.4, -0.2) is 80.6 Å². The normalized spacial score (nSPS) is 25.8. The first kappa shape index (κ1) is 50.2. The number of benzene rings is 7. The maximum atomic E-state index is 14.2. The minimum atomic E-state index is -1.22. The van der Waals surface area contributed by atoms with Crippen LogP contribution in [-0.2, 0) is 85.1 Å². The lowest BCUT2D eigenvalue weighted by Crippen LogP contribution is -2.67. The number of carbonyl (C=O) groups is 1. The van der Waals surface area contributed by atoms with Crippen molar-refractivity contribution in [2.75, 3.05) is 13.2 Å². The summed E-state index contributed by atoms with van der Waals surface area (Å²) in [4.78, 5) is 14.2. The van der Waals surface area contributed by atoms with Gasteiger partial charge < -0.3 is 52.1 Å². The fourth-order valence-electron chi connectivity index (χ4n) is 9.26. The molecule has 0 amide bonds. The van der Waals surface area contributed by atoms with E-state index in [0.717, 1.165) is 33.4 Å². The van der Waals surface area contributed by atoms with Crippen molar-refractivity contribution in [1.82, 2.24) is 0 Å². The van der Waals surface area contributed by atoms with Gasteiger partial charge in [-0.3, -0.25) is 0 Å². The lowest BCUT2D eigenvalue weighted by molar-refractivity contribution is -0.409. The summed E-state index contributed by atoms with van der Waals surface area (Å²) < 4.78 is 75.3. The second-order valence-corrected chi connectivity index (χ2v) is 18.2. The van der Waals surface area contributed by atoms with E-state index in [4.69, 9.17) is 52.1 Å². The molecule has 7 aromatic rings. The first-order valence-corrected chi connectivity index (χ1v) is 24.9. The first-order chi connectivity index (χ1) is 36.1. The molecular weight excluding hydrogens is 925 g/mol. The third-order valence-corrected chi connectivity index (χ3v) is 13.0. The van der Waals surface area contributed by atoms with Gasteiger partial charge in [-0.25, -0.2) is 4.79 Å². The summed E-state index contributed by atoms with van der Waals surface area (Å²) in [6.07, 6.45) is -9.99. The highest BCUT2D eigenvalue weighted by Gasteiger charge is 2.56. The molecule has 0 aliphatic carbocycles. The molecule has 376 valence electrons. The molecule has 3 aliphatic rings. The molecule has 3 saturated heterocycles. The molecule has 0 aromatic heterocycles. The van der Waals surface area contributed by atoms with Crippen molar-refractivity contribution in [2.45, 2.75) is 101 Å². The quantitative estimate of drug-likeness (QED) is 0.0638. The summed E-state index contributed by atoms with van der Waals surface area (Å²) in [5.41, 5.74) is 5.89. The van der Waals surface area contributed by atoms with Gasteiger partial charge in [0, 0.05) is 5.56 Å². The molecule has 12 nitrogen and oxygen atoms in total. The van der Waals surface area contributed by atoms with E-state index in [2.05, 4.69) is 0 Å². The minimum Gasteiger partial charge on any atom is -0.453 e. The van der Waals surface area contributed by atoms with Crippen LogP contribution in [0.2, 0.25) is 0 Å². The Morgan fingerprint density at radius 3 is 1.34 bits per heavy atom. The van der Waals surface area contributed by atoms with Gasteiger partial charge in [0.25, 0.3) is 0 Å². The summed E-state index contributed by atoms with van der Waals surface area (Å²) in [7, 11) is 0. The Hall–Kier alpha value is -6.39. The zero-order chi connectivity index (χ0) is 49.4. The van der Waals surface area contributed by atoms with Gasteiger partial charge in [-0.15, -0.1) is 0 Å². The third kappa shape index (κ3) is 13.4. The summed E-state index contributed by atoms with van der Waals surface area (Å²) in [5.74, 6) is -0.558. The summed E-state index contributed by atoms with van der Waals surface area (Å²) in [6, 6.07) is 68.0. The lowest BCUT2D eigenvalue weighted by atomic mass is 9.96. The smallest absolute Gasteiger partial charge is 0.338 e. The highest BCUT2D eigenvalue weighted by Crippen LogP contribution is 2.40. The van der Waals surface area contributed by atoms with Gasteiger partial charge in [-0.05, 0) is 39.9 Å². The molecule has 0 bridgehead atoms. The Kier molecular flexibility index (Phi) is 17.5. The number of hydrogen-bond acceptors (Lipinski definition) is 12. The molecule has 7 aromatic carbocycles. The van der Waals surface area contributed by atoms with Crippen LogP contribution in [0.15, 0.2) is 212 Å². The molecule has 10 rings (SSSR count). The van der Waals surface area contributed by atoms with Crippen LogP contribution in [0.25, 0.3) is 0 Å². The van der Waals surface area contributed by atoms with E-state index in [-0.39, 0.29) is 46.2 Å². The van der Waals surface area contributed by atoms with Gasteiger partial charge in [0.1, 0.15) is 42.7 Å². The number of esters is 1. The highest BCUT2D eigenvalue weighted by atomic mass is 16.8. The molecule has 3 aliphatic heterocycles. The SMILES string of the molecule is O=C(O[C@H]1[C@H](OCc2ccccc2)[C@@H](OCc2ccccc2)[C@@H](O[C@H]2O[C@@H]3COC(c4ccccc4)O[C@@H]3[C@H](OCc3ccccc3)[C@H]2OCc2ccccc2)O[C@@H]1COCc1ccccc1)c1ccccc1. The molecule has 73 heavy (non-hydrogen) atoms. The van der Waals surface area contributed by atoms with Gasteiger partial charge in [0.05, 0.1) is 51.8 Å². The molecule has 3 heterocycles. The van der Waals surface area contributed by atoms with E-state index in [9.17, 15) is 4.79 Å². The Labute approximate surface area is 426 Å². The standard InChI is InChI=1S/C61H60O12/c62-58(48-32-18-6-19-33-48)71-52-50(41-63-36-43-22-8-1-9-23-43)69-60(56(66-39-46-28-14-4-15-29-46)54(52)64-37-44-24-10-2-11-25-44)73-61-57(67-40-47-30-16-5-17-31-47)55(65-38-45-26-12-3-13-27-45)53-51(70-61)42-68-59(72-53)49-34-20-7-21-35-49/h1-35,50-57,59-61H,36-42H2/t50-,51-,52-,53+,54+,55+,56-,57-,59?,60-,61-/m1/s1. The van der Waals surface area contributed by atoms with Gasteiger partial charge >= 0.3 is 5.97 Å². The first-order valence-electron chi connectivity index (χ1n) is 24.9. The van der Waals surface area contributed by atoms with Crippen LogP contribution < -0.4 is 0 Å². The van der Waals surface area contributed by atoms with Crippen LogP contribution in [0.3, 0.4) is 0 Å².